The maximum Gasteiger partial charge on any atom is 0.156 e. The molecule has 2 aliphatic heterocycles. The molecule has 1 unspecified atom stereocenters. The van der Waals surface area contributed by atoms with Gasteiger partial charge in [-0.2, -0.15) is 0 Å². The van der Waals surface area contributed by atoms with E-state index in [9.17, 15) is 0 Å². The first-order valence-corrected chi connectivity index (χ1v) is 20.3. The van der Waals surface area contributed by atoms with E-state index in [0.717, 1.165) is 61.8 Å². The number of rotatable bonds is 4. The Morgan fingerprint density at radius 2 is 0.898 bits per heavy atom. The van der Waals surface area contributed by atoms with E-state index in [2.05, 4.69) is 226 Å². The summed E-state index contributed by atoms with van der Waals surface area (Å²) < 4.78 is 12.2. The van der Waals surface area contributed by atoms with E-state index in [4.69, 9.17) is 4.74 Å². The smallest absolute Gasteiger partial charge is 0.156 e. The second-order valence-corrected chi connectivity index (χ2v) is 15.6. The van der Waals surface area contributed by atoms with Crippen LogP contribution in [0, 0.1) is 0 Å². The van der Waals surface area contributed by atoms with Crippen LogP contribution in [0.1, 0.15) is 22.3 Å². The van der Waals surface area contributed by atoms with Gasteiger partial charge in [0.05, 0.1) is 33.2 Å². The van der Waals surface area contributed by atoms with Crippen LogP contribution >= 0.6 is 0 Å². The van der Waals surface area contributed by atoms with Crippen molar-refractivity contribution in [1.29, 1.82) is 0 Å². The summed E-state index contributed by atoms with van der Waals surface area (Å²) in [5, 5.41) is 4.86. The van der Waals surface area contributed by atoms with Crippen LogP contribution < -0.4 is 9.64 Å². The highest BCUT2D eigenvalue weighted by Gasteiger charge is 2.51. The second-order valence-electron chi connectivity index (χ2n) is 15.6. The normalized spacial score (nSPS) is 15.0. The lowest BCUT2D eigenvalue weighted by Crippen LogP contribution is -2.37. The van der Waals surface area contributed by atoms with Crippen molar-refractivity contribution < 1.29 is 4.74 Å². The van der Waals surface area contributed by atoms with Gasteiger partial charge in [-0.25, -0.2) is 0 Å². The van der Waals surface area contributed by atoms with Crippen LogP contribution in [0.25, 0.3) is 55.0 Å². The average molecular weight is 754 g/mol. The van der Waals surface area contributed by atoms with Crippen molar-refractivity contribution in [1.82, 2.24) is 9.13 Å². The number of hydrogen-bond acceptors (Lipinski definition) is 2. The molecule has 0 N–H and O–H groups in total. The molecule has 11 aromatic rings. The van der Waals surface area contributed by atoms with Crippen molar-refractivity contribution >= 4 is 60.7 Å². The summed E-state index contributed by atoms with van der Waals surface area (Å²) in [7, 11) is 0. The number of anilines is 3. The largest absolute Gasteiger partial charge is 0.454 e. The quantitative estimate of drug-likeness (QED) is 0.179. The SMILES string of the molecule is c1ccc(N(c2ccccc2)c2ccc(-n3c4ccccc4c4ccc5c(c43)Oc3ccccc3C53c4ccccc4-n4c5ccccc5c5cccc3c54)cc2)cc1. The van der Waals surface area contributed by atoms with Gasteiger partial charge in [0.2, 0.25) is 0 Å². The van der Waals surface area contributed by atoms with Crippen LogP contribution in [0.3, 0.4) is 0 Å². The molecular weight excluding hydrogens is 719 g/mol. The van der Waals surface area contributed by atoms with Crippen LogP contribution in [-0.2, 0) is 5.41 Å². The fraction of sp³-hybridized carbons (Fsp3) is 0.0182. The Labute approximate surface area is 341 Å². The summed E-state index contributed by atoms with van der Waals surface area (Å²) in [5.41, 5.74) is 14.3. The third kappa shape index (κ3) is 4.27. The molecule has 0 bridgehead atoms. The van der Waals surface area contributed by atoms with Crippen LogP contribution in [0.15, 0.2) is 212 Å². The first-order chi connectivity index (χ1) is 29.3. The molecule has 4 heteroatoms. The van der Waals surface area contributed by atoms with E-state index in [1.165, 1.54) is 44.0 Å². The summed E-state index contributed by atoms with van der Waals surface area (Å²) in [6.45, 7) is 0. The maximum absolute atomic E-state index is 7.31. The standard InChI is InChI=1S/C55H35N3O/c1-3-16-36(17-4-1)56(37-18-5-2-6-19-37)38-30-32-39(33-31-38)57-48-26-11-7-21-41(48)43-34-35-47-54(53(43)57)59-51-29-14-10-24-45(51)55(47)44-23-9-13-28-50(44)58-49-27-12-8-20-40(49)42-22-15-25-46(55)52(42)58/h1-35H. The summed E-state index contributed by atoms with van der Waals surface area (Å²) in [5.74, 6) is 1.76. The van der Waals surface area contributed by atoms with E-state index in [0.29, 0.717) is 0 Å². The third-order valence-corrected chi connectivity index (χ3v) is 12.7. The minimum absolute atomic E-state index is 0.657. The Hall–Kier alpha value is -7.82. The summed E-state index contributed by atoms with van der Waals surface area (Å²) >= 11 is 0. The minimum atomic E-state index is -0.657. The summed E-state index contributed by atoms with van der Waals surface area (Å²) in [4.78, 5) is 2.31. The zero-order chi connectivity index (χ0) is 38.7. The van der Waals surface area contributed by atoms with Crippen LogP contribution in [0.2, 0.25) is 0 Å². The number of para-hydroxylation sites is 7. The van der Waals surface area contributed by atoms with Gasteiger partial charge >= 0.3 is 0 Å². The molecule has 1 atom stereocenters. The van der Waals surface area contributed by atoms with Crippen molar-refractivity contribution in [3.8, 4) is 22.9 Å². The van der Waals surface area contributed by atoms with Crippen LogP contribution in [-0.4, -0.2) is 9.13 Å². The van der Waals surface area contributed by atoms with Crippen LogP contribution in [0.4, 0.5) is 17.1 Å². The number of benzene rings is 9. The van der Waals surface area contributed by atoms with E-state index in [-0.39, 0.29) is 0 Å². The molecule has 0 saturated heterocycles. The highest BCUT2D eigenvalue weighted by Crippen LogP contribution is 2.62. The Morgan fingerprint density at radius 1 is 0.356 bits per heavy atom. The van der Waals surface area contributed by atoms with E-state index >= 15 is 0 Å². The highest BCUT2D eigenvalue weighted by molar-refractivity contribution is 6.14. The highest BCUT2D eigenvalue weighted by atomic mass is 16.5. The first-order valence-electron chi connectivity index (χ1n) is 20.3. The molecule has 2 aromatic heterocycles. The van der Waals surface area contributed by atoms with Gasteiger partial charge in [0.1, 0.15) is 5.75 Å². The van der Waals surface area contributed by atoms with Crippen molar-refractivity contribution in [3.63, 3.8) is 0 Å². The van der Waals surface area contributed by atoms with Crippen molar-refractivity contribution in [2.45, 2.75) is 5.41 Å². The van der Waals surface area contributed by atoms with Gasteiger partial charge in [-0.15, -0.1) is 0 Å². The molecule has 0 aliphatic carbocycles. The van der Waals surface area contributed by atoms with Crippen molar-refractivity contribution in [3.05, 3.63) is 235 Å². The molecule has 1 spiro atoms. The Balaban J connectivity index is 1.11. The Morgan fingerprint density at radius 3 is 1.63 bits per heavy atom. The predicted octanol–water partition coefficient (Wildman–Crippen LogP) is 14.2. The van der Waals surface area contributed by atoms with Gasteiger partial charge in [0, 0.05) is 55.4 Å². The van der Waals surface area contributed by atoms with E-state index < -0.39 is 5.41 Å². The molecule has 59 heavy (non-hydrogen) atoms. The second kappa shape index (κ2) is 12.1. The molecule has 0 fully saturated rings. The number of hydrogen-bond donors (Lipinski definition) is 0. The third-order valence-electron chi connectivity index (χ3n) is 12.7. The average Bonchev–Trinajstić information content (AvgIpc) is 3.83. The monoisotopic (exact) mass is 753 g/mol. The van der Waals surface area contributed by atoms with Gasteiger partial charge in [-0.1, -0.05) is 140 Å². The molecule has 0 radical (unpaired) electrons. The lowest BCUT2D eigenvalue weighted by molar-refractivity contribution is 0.438. The van der Waals surface area contributed by atoms with E-state index in [1.54, 1.807) is 0 Å². The molecule has 2 aliphatic rings. The fourth-order valence-corrected chi connectivity index (χ4v) is 10.4. The molecule has 276 valence electrons. The predicted molar refractivity (Wildman–Crippen MR) is 242 cm³/mol. The lowest BCUT2D eigenvalue weighted by atomic mass is 9.61. The van der Waals surface area contributed by atoms with Crippen molar-refractivity contribution in [2.24, 2.45) is 0 Å². The molecule has 0 saturated carbocycles. The van der Waals surface area contributed by atoms with E-state index in [1.807, 2.05) is 0 Å². The summed E-state index contributed by atoms with van der Waals surface area (Å²) in [6, 6.07) is 76.9. The van der Waals surface area contributed by atoms with Gasteiger partial charge in [-0.05, 0) is 83.9 Å². The molecule has 0 amide bonds. The zero-order valence-electron chi connectivity index (χ0n) is 32.0. The molecular formula is C55H35N3O. The molecule has 4 heterocycles. The maximum atomic E-state index is 7.31. The Kier molecular flexibility index (Phi) is 6.62. The summed E-state index contributed by atoms with van der Waals surface area (Å²) in [6.07, 6.45) is 0. The first kappa shape index (κ1) is 32.3. The number of fused-ring (bicyclic) bond motifs is 15. The minimum Gasteiger partial charge on any atom is -0.454 e. The topological polar surface area (TPSA) is 22.3 Å². The Bertz CT molecular complexity index is 3430. The van der Waals surface area contributed by atoms with Crippen LogP contribution in [0.5, 0.6) is 11.5 Å². The lowest BCUT2D eigenvalue weighted by Gasteiger charge is -2.45. The van der Waals surface area contributed by atoms with Gasteiger partial charge < -0.3 is 18.8 Å². The van der Waals surface area contributed by atoms with Gasteiger partial charge in [0.15, 0.2) is 5.75 Å². The molecule has 4 nitrogen and oxygen atoms in total. The number of ether oxygens (including phenoxy) is 1. The zero-order valence-corrected chi connectivity index (χ0v) is 32.0. The number of aromatic nitrogens is 2. The molecule has 9 aromatic carbocycles. The van der Waals surface area contributed by atoms with Gasteiger partial charge in [-0.3, -0.25) is 0 Å². The van der Waals surface area contributed by atoms with Crippen molar-refractivity contribution in [2.75, 3.05) is 4.90 Å². The number of nitrogens with zero attached hydrogens (tertiary/aromatic N) is 3. The molecule has 13 rings (SSSR count). The fourth-order valence-electron chi connectivity index (χ4n) is 10.4. The van der Waals surface area contributed by atoms with Gasteiger partial charge in [0.25, 0.3) is 0 Å².